The number of para-hydroxylation sites is 2. The van der Waals surface area contributed by atoms with Gasteiger partial charge >= 0.3 is 0 Å². The Morgan fingerprint density at radius 2 is 1.83 bits per heavy atom. The highest BCUT2D eigenvalue weighted by molar-refractivity contribution is 5.95. The van der Waals surface area contributed by atoms with Gasteiger partial charge in [0.2, 0.25) is 0 Å². The summed E-state index contributed by atoms with van der Waals surface area (Å²) in [6.07, 6.45) is 0. The molecule has 1 amide bonds. The van der Waals surface area contributed by atoms with Crippen molar-refractivity contribution in [1.29, 1.82) is 0 Å². The monoisotopic (exact) mass is 313 g/mol. The fraction of sp³-hybridized carbons (Fsp3) is 0.235. The first-order valence-electron chi connectivity index (χ1n) is 7.46. The van der Waals surface area contributed by atoms with Crippen LogP contribution < -0.4 is 5.32 Å². The van der Waals surface area contributed by atoms with Gasteiger partial charge in [-0.05, 0) is 38.1 Å². The molecule has 0 aromatic heterocycles. The number of hydrogen-bond donors (Lipinski definition) is 1. The molecule has 1 N–H and O–H groups in total. The lowest BCUT2D eigenvalue weighted by molar-refractivity contribution is -0.383. The number of benzene rings is 2. The fourth-order valence-corrected chi connectivity index (χ4v) is 2.32. The second-order valence-electron chi connectivity index (χ2n) is 4.96. The van der Waals surface area contributed by atoms with Gasteiger partial charge in [-0.25, -0.2) is 0 Å². The molecule has 0 heterocycles. The summed E-state index contributed by atoms with van der Waals surface area (Å²) in [5.74, 6) is -0.0544. The van der Waals surface area contributed by atoms with Crippen molar-refractivity contribution in [1.82, 2.24) is 4.90 Å². The standard InChI is InChI=1S/C17H19N3O3/c1-3-19(4-2)17(21)13-8-7-9-14(12-13)18-15-10-5-6-11-16(15)20(22)23/h5-12,18H,3-4H2,1-2H3. The predicted octanol–water partition coefficient (Wildman–Crippen LogP) is 3.82. The number of amides is 1. The molecular weight excluding hydrogens is 294 g/mol. The maximum absolute atomic E-state index is 12.4. The van der Waals surface area contributed by atoms with E-state index in [1.54, 1.807) is 47.4 Å². The number of nitrogens with one attached hydrogen (secondary N) is 1. The number of rotatable bonds is 6. The molecule has 120 valence electrons. The third-order valence-electron chi connectivity index (χ3n) is 3.54. The summed E-state index contributed by atoms with van der Waals surface area (Å²) in [7, 11) is 0. The Hall–Kier alpha value is -2.89. The van der Waals surface area contributed by atoms with Gasteiger partial charge in [-0.3, -0.25) is 14.9 Å². The Bertz CT molecular complexity index is 712. The summed E-state index contributed by atoms with van der Waals surface area (Å²) in [6, 6.07) is 13.4. The van der Waals surface area contributed by atoms with Crippen molar-refractivity contribution in [2.45, 2.75) is 13.8 Å². The van der Waals surface area contributed by atoms with Gasteiger partial charge in [0.05, 0.1) is 4.92 Å². The lowest BCUT2D eigenvalue weighted by Gasteiger charge is -2.19. The van der Waals surface area contributed by atoms with E-state index in [0.717, 1.165) is 0 Å². The highest BCUT2D eigenvalue weighted by Gasteiger charge is 2.15. The SMILES string of the molecule is CCN(CC)C(=O)c1cccc(Nc2ccccc2[N+](=O)[O-])c1. The minimum Gasteiger partial charge on any atom is -0.350 e. The molecule has 6 heteroatoms. The van der Waals surface area contributed by atoms with Crippen molar-refractivity contribution in [3.63, 3.8) is 0 Å². The molecule has 0 radical (unpaired) electrons. The van der Waals surface area contributed by atoms with Gasteiger partial charge in [-0.15, -0.1) is 0 Å². The summed E-state index contributed by atoms with van der Waals surface area (Å²) in [5, 5.41) is 14.1. The van der Waals surface area contributed by atoms with Crippen LogP contribution in [0, 0.1) is 10.1 Å². The van der Waals surface area contributed by atoms with Crippen molar-refractivity contribution in [3.8, 4) is 0 Å². The summed E-state index contributed by atoms with van der Waals surface area (Å²) < 4.78 is 0. The van der Waals surface area contributed by atoms with Crippen LogP contribution in [-0.4, -0.2) is 28.8 Å². The Balaban J connectivity index is 2.28. The van der Waals surface area contributed by atoms with Crippen LogP contribution in [0.4, 0.5) is 17.1 Å². The molecule has 0 aliphatic rings. The van der Waals surface area contributed by atoms with Crippen molar-refractivity contribution < 1.29 is 9.72 Å². The van der Waals surface area contributed by atoms with Crippen LogP contribution in [0.3, 0.4) is 0 Å². The summed E-state index contributed by atoms with van der Waals surface area (Å²) in [5.41, 5.74) is 1.58. The lowest BCUT2D eigenvalue weighted by atomic mass is 10.1. The largest absolute Gasteiger partial charge is 0.350 e. The first kappa shape index (κ1) is 16.5. The zero-order chi connectivity index (χ0) is 16.8. The first-order valence-corrected chi connectivity index (χ1v) is 7.46. The van der Waals surface area contributed by atoms with Crippen LogP contribution in [0.25, 0.3) is 0 Å². The molecule has 6 nitrogen and oxygen atoms in total. The number of carbonyl (C=O) groups excluding carboxylic acids is 1. The molecular formula is C17H19N3O3. The summed E-state index contributed by atoms with van der Waals surface area (Å²) in [6.45, 7) is 5.13. The van der Waals surface area contributed by atoms with E-state index in [0.29, 0.717) is 30.0 Å². The van der Waals surface area contributed by atoms with Gasteiger partial charge < -0.3 is 10.2 Å². The second-order valence-corrected chi connectivity index (χ2v) is 4.96. The third-order valence-corrected chi connectivity index (χ3v) is 3.54. The lowest BCUT2D eigenvalue weighted by Crippen LogP contribution is -2.30. The molecule has 0 spiro atoms. The molecule has 23 heavy (non-hydrogen) atoms. The molecule has 2 rings (SSSR count). The van der Waals surface area contributed by atoms with E-state index in [2.05, 4.69) is 5.32 Å². The van der Waals surface area contributed by atoms with Gasteiger partial charge in [0, 0.05) is 30.4 Å². The Kier molecular flexibility index (Phi) is 5.30. The fourth-order valence-electron chi connectivity index (χ4n) is 2.32. The first-order chi connectivity index (χ1) is 11.1. The van der Waals surface area contributed by atoms with Crippen molar-refractivity contribution >= 4 is 23.0 Å². The third kappa shape index (κ3) is 3.85. The Morgan fingerprint density at radius 3 is 2.48 bits per heavy atom. The minimum absolute atomic E-state index is 0.00651. The molecule has 0 aliphatic carbocycles. The number of nitro benzene ring substituents is 1. The highest BCUT2D eigenvalue weighted by Crippen LogP contribution is 2.27. The highest BCUT2D eigenvalue weighted by atomic mass is 16.6. The average molecular weight is 313 g/mol. The number of nitrogens with zero attached hydrogens (tertiary/aromatic N) is 2. The number of carbonyl (C=O) groups is 1. The Labute approximate surface area is 134 Å². The van der Waals surface area contributed by atoms with E-state index in [1.165, 1.54) is 6.07 Å². The van der Waals surface area contributed by atoms with Crippen LogP contribution in [-0.2, 0) is 0 Å². The van der Waals surface area contributed by atoms with Crippen LogP contribution in [0.5, 0.6) is 0 Å². The maximum Gasteiger partial charge on any atom is 0.292 e. The zero-order valence-electron chi connectivity index (χ0n) is 13.2. The smallest absolute Gasteiger partial charge is 0.292 e. The van der Waals surface area contributed by atoms with Gasteiger partial charge in [0.25, 0.3) is 11.6 Å². The molecule has 2 aromatic rings. The van der Waals surface area contributed by atoms with E-state index in [-0.39, 0.29) is 11.6 Å². The Morgan fingerprint density at radius 1 is 1.13 bits per heavy atom. The number of nitro groups is 1. The normalized spacial score (nSPS) is 10.2. The molecule has 0 saturated heterocycles. The van der Waals surface area contributed by atoms with Crippen LogP contribution in [0.15, 0.2) is 48.5 Å². The van der Waals surface area contributed by atoms with E-state index < -0.39 is 4.92 Å². The van der Waals surface area contributed by atoms with Crippen molar-refractivity contribution in [2.75, 3.05) is 18.4 Å². The van der Waals surface area contributed by atoms with Crippen molar-refractivity contribution in [2.24, 2.45) is 0 Å². The van der Waals surface area contributed by atoms with Crippen LogP contribution >= 0.6 is 0 Å². The molecule has 0 atom stereocenters. The molecule has 0 unspecified atom stereocenters. The average Bonchev–Trinajstić information content (AvgIpc) is 2.56. The quantitative estimate of drug-likeness (QED) is 0.650. The van der Waals surface area contributed by atoms with E-state index in [4.69, 9.17) is 0 Å². The molecule has 0 bridgehead atoms. The van der Waals surface area contributed by atoms with E-state index in [1.807, 2.05) is 13.8 Å². The van der Waals surface area contributed by atoms with Gasteiger partial charge in [0.15, 0.2) is 0 Å². The zero-order valence-corrected chi connectivity index (χ0v) is 13.2. The summed E-state index contributed by atoms with van der Waals surface area (Å²) in [4.78, 5) is 24.7. The minimum atomic E-state index is -0.437. The summed E-state index contributed by atoms with van der Waals surface area (Å²) >= 11 is 0. The van der Waals surface area contributed by atoms with Gasteiger partial charge in [-0.2, -0.15) is 0 Å². The molecule has 0 fully saturated rings. The molecule has 0 aliphatic heterocycles. The topological polar surface area (TPSA) is 75.5 Å². The van der Waals surface area contributed by atoms with Gasteiger partial charge in [0.1, 0.15) is 5.69 Å². The molecule has 2 aromatic carbocycles. The predicted molar refractivity (Wildman–Crippen MR) is 90.1 cm³/mol. The number of hydrogen-bond acceptors (Lipinski definition) is 4. The second kappa shape index (κ2) is 7.40. The van der Waals surface area contributed by atoms with E-state index in [9.17, 15) is 14.9 Å². The maximum atomic E-state index is 12.4. The van der Waals surface area contributed by atoms with Gasteiger partial charge in [-0.1, -0.05) is 18.2 Å². The number of anilines is 2. The van der Waals surface area contributed by atoms with Crippen molar-refractivity contribution in [3.05, 3.63) is 64.2 Å². The van der Waals surface area contributed by atoms with Crippen LogP contribution in [0.1, 0.15) is 24.2 Å². The van der Waals surface area contributed by atoms with E-state index >= 15 is 0 Å². The molecule has 0 saturated carbocycles. The van der Waals surface area contributed by atoms with Crippen LogP contribution in [0.2, 0.25) is 0 Å².